The minimum absolute atomic E-state index is 0.0984. The Labute approximate surface area is 157 Å². The minimum Gasteiger partial charge on any atom is -0.486 e. The largest absolute Gasteiger partial charge is 0.486 e. The van der Waals surface area contributed by atoms with Crippen LogP contribution in [0.15, 0.2) is 35.3 Å². The second kappa shape index (κ2) is 6.51. The Bertz CT molecular complexity index is 1160. The predicted octanol–water partition coefficient (Wildman–Crippen LogP) is 2.97. The first-order valence-electron chi connectivity index (χ1n) is 8.17. The molecule has 27 heavy (non-hydrogen) atoms. The van der Waals surface area contributed by atoms with Gasteiger partial charge < -0.3 is 14.0 Å². The lowest BCUT2D eigenvalue weighted by Crippen LogP contribution is -2.15. The summed E-state index contributed by atoms with van der Waals surface area (Å²) in [6.07, 6.45) is 0. The number of nitro benzene ring substituents is 1. The van der Waals surface area contributed by atoms with Crippen LogP contribution in [0, 0.1) is 17.0 Å². The third kappa shape index (κ3) is 3.06. The van der Waals surface area contributed by atoms with Crippen molar-refractivity contribution < 1.29 is 19.2 Å². The van der Waals surface area contributed by atoms with Crippen LogP contribution in [0.5, 0.6) is 11.5 Å². The number of rotatable bonds is 2. The number of aryl methyl sites for hydroxylation is 2. The van der Waals surface area contributed by atoms with Gasteiger partial charge in [0.25, 0.3) is 11.6 Å². The van der Waals surface area contributed by atoms with Crippen molar-refractivity contribution in [3.05, 3.63) is 56.4 Å². The van der Waals surface area contributed by atoms with E-state index in [1.807, 2.05) is 12.1 Å². The molecule has 1 aromatic heterocycles. The highest BCUT2D eigenvalue weighted by molar-refractivity contribution is 7.16. The van der Waals surface area contributed by atoms with Gasteiger partial charge in [-0.05, 0) is 13.0 Å². The van der Waals surface area contributed by atoms with E-state index in [2.05, 4.69) is 4.99 Å². The zero-order chi connectivity index (χ0) is 19.1. The molecule has 0 radical (unpaired) electrons. The Balaban J connectivity index is 1.78. The molecule has 0 aliphatic carbocycles. The molecule has 0 atom stereocenters. The molecule has 0 N–H and O–H groups in total. The van der Waals surface area contributed by atoms with E-state index in [0.29, 0.717) is 35.1 Å². The molecule has 0 unspecified atom stereocenters. The number of carbonyl (C=O) groups excluding carboxylic acids is 1. The van der Waals surface area contributed by atoms with Gasteiger partial charge in [-0.2, -0.15) is 4.99 Å². The molecule has 4 rings (SSSR count). The van der Waals surface area contributed by atoms with E-state index in [1.165, 1.54) is 17.4 Å². The number of nitro groups is 1. The van der Waals surface area contributed by atoms with Crippen LogP contribution in [0.1, 0.15) is 15.9 Å². The maximum Gasteiger partial charge on any atom is 0.279 e. The first-order chi connectivity index (χ1) is 12.9. The molecule has 2 heterocycles. The number of benzene rings is 2. The summed E-state index contributed by atoms with van der Waals surface area (Å²) in [5.41, 5.74) is 1.44. The zero-order valence-electron chi connectivity index (χ0n) is 14.6. The average Bonchev–Trinajstić information content (AvgIpc) is 2.95. The van der Waals surface area contributed by atoms with Gasteiger partial charge in [0, 0.05) is 36.4 Å². The molecular weight excluding hydrogens is 370 g/mol. The maximum atomic E-state index is 12.5. The van der Waals surface area contributed by atoms with E-state index in [9.17, 15) is 14.9 Å². The van der Waals surface area contributed by atoms with Crippen LogP contribution in [0.4, 0.5) is 5.69 Å². The van der Waals surface area contributed by atoms with Crippen LogP contribution < -0.4 is 14.3 Å². The summed E-state index contributed by atoms with van der Waals surface area (Å²) < 4.78 is 13.9. The molecule has 138 valence electrons. The van der Waals surface area contributed by atoms with Gasteiger partial charge in [-0.1, -0.05) is 17.4 Å². The first-order valence-corrected chi connectivity index (χ1v) is 8.99. The second-order valence-electron chi connectivity index (χ2n) is 6.08. The van der Waals surface area contributed by atoms with Crippen molar-refractivity contribution in [2.45, 2.75) is 6.92 Å². The Hall–Kier alpha value is -3.20. The number of fused-ring (bicyclic) bond motifs is 2. The fourth-order valence-electron chi connectivity index (χ4n) is 2.86. The van der Waals surface area contributed by atoms with E-state index < -0.39 is 10.8 Å². The number of ether oxygens (including phenoxy) is 2. The molecule has 0 spiro atoms. The Morgan fingerprint density at radius 3 is 2.63 bits per heavy atom. The highest BCUT2D eigenvalue weighted by Crippen LogP contribution is 2.35. The normalized spacial score (nSPS) is 13.8. The summed E-state index contributed by atoms with van der Waals surface area (Å²) in [4.78, 5) is 27.8. The average molecular weight is 385 g/mol. The van der Waals surface area contributed by atoms with Gasteiger partial charge in [0.1, 0.15) is 13.2 Å². The van der Waals surface area contributed by atoms with Crippen molar-refractivity contribution in [2.24, 2.45) is 12.0 Å². The van der Waals surface area contributed by atoms with Crippen LogP contribution >= 0.6 is 11.3 Å². The highest BCUT2D eigenvalue weighted by atomic mass is 32.1. The van der Waals surface area contributed by atoms with Gasteiger partial charge in [-0.15, -0.1) is 0 Å². The zero-order valence-corrected chi connectivity index (χ0v) is 15.4. The van der Waals surface area contributed by atoms with Crippen molar-refractivity contribution in [2.75, 3.05) is 13.2 Å². The van der Waals surface area contributed by atoms with Crippen LogP contribution in [0.3, 0.4) is 0 Å². The molecule has 0 saturated carbocycles. The molecule has 3 aromatic rings. The first kappa shape index (κ1) is 17.2. The fourth-order valence-corrected chi connectivity index (χ4v) is 3.89. The van der Waals surface area contributed by atoms with Gasteiger partial charge in [-0.3, -0.25) is 14.9 Å². The maximum absolute atomic E-state index is 12.5. The smallest absolute Gasteiger partial charge is 0.279 e. The van der Waals surface area contributed by atoms with E-state index >= 15 is 0 Å². The van der Waals surface area contributed by atoms with Crippen molar-refractivity contribution in [1.82, 2.24) is 4.57 Å². The van der Waals surface area contributed by atoms with Crippen molar-refractivity contribution in [3.8, 4) is 11.5 Å². The number of hydrogen-bond donors (Lipinski definition) is 0. The van der Waals surface area contributed by atoms with Crippen LogP contribution in [0.25, 0.3) is 10.2 Å². The lowest BCUT2D eigenvalue weighted by Gasteiger charge is -2.18. The van der Waals surface area contributed by atoms with E-state index in [4.69, 9.17) is 9.47 Å². The van der Waals surface area contributed by atoms with E-state index in [-0.39, 0.29) is 11.3 Å². The highest BCUT2D eigenvalue weighted by Gasteiger charge is 2.17. The third-order valence-electron chi connectivity index (χ3n) is 4.32. The summed E-state index contributed by atoms with van der Waals surface area (Å²) in [5.74, 6) is 0.800. The fraction of sp³-hybridized carbons (Fsp3) is 0.222. The van der Waals surface area contributed by atoms with Crippen LogP contribution in [-0.2, 0) is 7.05 Å². The SMILES string of the molecule is Cc1ccc(C(=O)N=c2sc3cc4c(cc3n2C)OCCO4)cc1[N+](=O)[O-]. The molecule has 8 nitrogen and oxygen atoms in total. The van der Waals surface area contributed by atoms with E-state index in [1.54, 1.807) is 30.7 Å². The number of thiazole rings is 1. The molecule has 0 saturated heterocycles. The summed E-state index contributed by atoms with van der Waals surface area (Å²) in [7, 11) is 1.80. The summed E-state index contributed by atoms with van der Waals surface area (Å²) >= 11 is 1.34. The van der Waals surface area contributed by atoms with Gasteiger partial charge in [0.15, 0.2) is 16.3 Å². The van der Waals surface area contributed by atoms with Crippen LogP contribution in [-0.4, -0.2) is 28.6 Å². The lowest BCUT2D eigenvalue weighted by molar-refractivity contribution is -0.385. The summed E-state index contributed by atoms with van der Waals surface area (Å²) in [6, 6.07) is 8.08. The van der Waals surface area contributed by atoms with Crippen LogP contribution in [0.2, 0.25) is 0 Å². The molecule has 1 aliphatic heterocycles. The van der Waals surface area contributed by atoms with Gasteiger partial charge in [0.05, 0.1) is 15.1 Å². The van der Waals surface area contributed by atoms with Gasteiger partial charge >= 0.3 is 0 Å². The van der Waals surface area contributed by atoms with Gasteiger partial charge in [-0.25, -0.2) is 0 Å². The number of carbonyl (C=O) groups is 1. The van der Waals surface area contributed by atoms with Crippen molar-refractivity contribution in [3.63, 3.8) is 0 Å². The van der Waals surface area contributed by atoms with Crippen molar-refractivity contribution >= 4 is 33.1 Å². The van der Waals surface area contributed by atoms with E-state index in [0.717, 1.165) is 10.2 Å². The molecular formula is C18H15N3O5S. The molecule has 1 aliphatic rings. The number of aromatic nitrogens is 1. The lowest BCUT2D eigenvalue weighted by atomic mass is 10.1. The summed E-state index contributed by atoms with van der Waals surface area (Å²) in [5, 5.41) is 11.1. The standard InChI is InChI=1S/C18H15N3O5S/c1-10-3-4-11(7-12(10)21(23)24)17(22)19-18-20(2)13-8-14-15(9-16(13)27-18)26-6-5-25-14/h3-4,7-9H,5-6H2,1-2H3. The molecule has 0 fully saturated rings. The second-order valence-corrected chi connectivity index (χ2v) is 7.09. The predicted molar refractivity (Wildman–Crippen MR) is 99.5 cm³/mol. The molecule has 2 aromatic carbocycles. The monoisotopic (exact) mass is 385 g/mol. The Morgan fingerprint density at radius 1 is 1.22 bits per heavy atom. The Kier molecular flexibility index (Phi) is 4.15. The quantitative estimate of drug-likeness (QED) is 0.499. The van der Waals surface area contributed by atoms with Crippen molar-refractivity contribution in [1.29, 1.82) is 0 Å². The molecule has 9 heteroatoms. The molecule has 1 amide bonds. The third-order valence-corrected chi connectivity index (χ3v) is 5.42. The Morgan fingerprint density at radius 2 is 1.93 bits per heavy atom. The minimum atomic E-state index is -0.530. The number of amides is 1. The number of hydrogen-bond acceptors (Lipinski definition) is 6. The summed E-state index contributed by atoms with van der Waals surface area (Å²) in [6.45, 7) is 2.62. The van der Waals surface area contributed by atoms with Gasteiger partial charge in [0.2, 0.25) is 0 Å². The topological polar surface area (TPSA) is 96.0 Å². The molecule has 0 bridgehead atoms. The number of nitrogens with zero attached hydrogens (tertiary/aromatic N) is 3.